The Hall–Kier alpha value is -1.45. The zero-order valence-corrected chi connectivity index (χ0v) is 13.2. The fraction of sp³-hybridized carbons (Fsp3) is 0.417. The van der Waals surface area contributed by atoms with Gasteiger partial charge < -0.3 is 5.11 Å². The van der Waals surface area contributed by atoms with Gasteiger partial charge in [0.05, 0.1) is 10.6 Å². The lowest BCUT2D eigenvalue weighted by molar-refractivity contribution is -0.139. The van der Waals surface area contributed by atoms with Crippen LogP contribution in [0.4, 0.5) is 0 Å². The Kier molecular flexibility index (Phi) is 5.48. The van der Waals surface area contributed by atoms with Gasteiger partial charge in [-0.2, -0.15) is 4.72 Å². The van der Waals surface area contributed by atoms with Crippen molar-refractivity contribution in [3.63, 3.8) is 0 Å². The lowest BCUT2D eigenvalue weighted by Crippen LogP contribution is -2.41. The highest BCUT2D eigenvalue weighted by molar-refractivity contribution is 7.90. The molecule has 118 valence electrons. The zero-order chi connectivity index (χ0) is 16.3. The first kappa shape index (κ1) is 17.6. The molecule has 0 aliphatic heterocycles. The van der Waals surface area contributed by atoms with Crippen molar-refractivity contribution in [2.45, 2.75) is 24.3 Å². The summed E-state index contributed by atoms with van der Waals surface area (Å²) in [5.41, 5.74) is 0.709. The first-order valence-corrected chi connectivity index (χ1v) is 9.55. The molecule has 0 radical (unpaired) electrons. The van der Waals surface area contributed by atoms with Gasteiger partial charge in [0.15, 0.2) is 0 Å². The summed E-state index contributed by atoms with van der Waals surface area (Å²) in [6.07, 6.45) is 0.625. The molecule has 9 heteroatoms. The van der Waals surface area contributed by atoms with Gasteiger partial charge in [-0.15, -0.1) is 0 Å². The molecule has 1 aromatic rings. The van der Waals surface area contributed by atoms with Crippen LogP contribution in [0.2, 0.25) is 0 Å². The average molecular weight is 335 g/mol. The molecule has 0 bridgehead atoms. The lowest BCUT2D eigenvalue weighted by atomic mass is 10.2. The first-order chi connectivity index (χ1) is 9.51. The molecule has 0 aliphatic carbocycles. The summed E-state index contributed by atoms with van der Waals surface area (Å²) >= 11 is 0. The maximum Gasteiger partial charge on any atom is 0.321 e. The van der Waals surface area contributed by atoms with E-state index < -0.39 is 37.6 Å². The largest absolute Gasteiger partial charge is 0.480 e. The number of carbonyl (C=O) groups is 1. The molecule has 0 aromatic heterocycles. The van der Waals surface area contributed by atoms with E-state index >= 15 is 0 Å². The monoisotopic (exact) mass is 335 g/mol. The van der Waals surface area contributed by atoms with E-state index in [4.69, 9.17) is 5.11 Å². The number of hydrogen-bond acceptors (Lipinski definition) is 5. The SMILES string of the molecule is Cc1cccc(S(=O)(=O)NC(CCS(C)(=O)=O)C(=O)O)c1. The lowest BCUT2D eigenvalue weighted by Gasteiger charge is -2.14. The average Bonchev–Trinajstić information content (AvgIpc) is 2.33. The molecule has 0 spiro atoms. The molecular weight excluding hydrogens is 318 g/mol. The van der Waals surface area contributed by atoms with Gasteiger partial charge in [-0.3, -0.25) is 4.79 Å². The number of aryl methyl sites for hydroxylation is 1. The third-order valence-corrected chi connectivity index (χ3v) is 5.12. The second-order valence-corrected chi connectivity index (χ2v) is 8.72. The molecule has 0 aliphatic rings. The number of sulfonamides is 1. The van der Waals surface area contributed by atoms with E-state index in [-0.39, 0.29) is 11.3 Å². The number of rotatable bonds is 7. The van der Waals surface area contributed by atoms with Crippen molar-refractivity contribution < 1.29 is 26.7 Å². The van der Waals surface area contributed by atoms with Crippen LogP contribution < -0.4 is 4.72 Å². The van der Waals surface area contributed by atoms with Crippen molar-refractivity contribution >= 4 is 25.8 Å². The number of carboxylic acid groups (broad SMARTS) is 1. The van der Waals surface area contributed by atoms with Gasteiger partial charge in [0.2, 0.25) is 10.0 Å². The summed E-state index contributed by atoms with van der Waals surface area (Å²) in [6, 6.07) is 4.49. The second kappa shape index (κ2) is 6.54. The molecule has 2 N–H and O–H groups in total. The second-order valence-electron chi connectivity index (χ2n) is 4.75. The molecule has 1 rings (SSSR count). The van der Waals surface area contributed by atoms with Crippen molar-refractivity contribution in [1.82, 2.24) is 4.72 Å². The number of carboxylic acids is 1. The van der Waals surface area contributed by atoms with Crippen LogP contribution in [0, 0.1) is 6.92 Å². The van der Waals surface area contributed by atoms with Gasteiger partial charge in [-0.05, 0) is 31.0 Å². The van der Waals surface area contributed by atoms with E-state index in [1.807, 2.05) is 4.72 Å². The zero-order valence-electron chi connectivity index (χ0n) is 11.6. The molecule has 0 fully saturated rings. The van der Waals surface area contributed by atoms with Gasteiger partial charge in [0, 0.05) is 6.26 Å². The van der Waals surface area contributed by atoms with Gasteiger partial charge in [-0.1, -0.05) is 12.1 Å². The molecule has 0 heterocycles. The molecule has 0 saturated heterocycles. The summed E-state index contributed by atoms with van der Waals surface area (Å²) in [5.74, 6) is -1.84. The van der Waals surface area contributed by atoms with Crippen molar-refractivity contribution in [3.05, 3.63) is 29.8 Å². The predicted molar refractivity (Wildman–Crippen MR) is 77.3 cm³/mol. The van der Waals surface area contributed by atoms with Crippen LogP contribution in [-0.2, 0) is 24.7 Å². The molecule has 0 saturated carbocycles. The van der Waals surface area contributed by atoms with E-state index in [9.17, 15) is 21.6 Å². The summed E-state index contributed by atoms with van der Waals surface area (Å²) in [5, 5.41) is 9.01. The summed E-state index contributed by atoms with van der Waals surface area (Å²) < 4.78 is 48.4. The summed E-state index contributed by atoms with van der Waals surface area (Å²) in [7, 11) is -7.40. The molecular formula is C12H17NO6S2. The first-order valence-electron chi connectivity index (χ1n) is 6.01. The Morgan fingerprint density at radius 1 is 1.29 bits per heavy atom. The predicted octanol–water partition coefficient (Wildman–Crippen LogP) is 0.161. The third kappa shape index (κ3) is 5.82. The molecule has 1 atom stereocenters. The quantitative estimate of drug-likeness (QED) is 0.733. The number of hydrogen-bond donors (Lipinski definition) is 2. The van der Waals surface area contributed by atoms with Gasteiger partial charge in [0.1, 0.15) is 15.9 Å². The maximum absolute atomic E-state index is 12.1. The van der Waals surface area contributed by atoms with Crippen LogP contribution in [0.25, 0.3) is 0 Å². The highest BCUT2D eigenvalue weighted by atomic mass is 32.2. The highest BCUT2D eigenvalue weighted by Crippen LogP contribution is 2.12. The number of aliphatic carboxylic acids is 1. The number of nitrogens with one attached hydrogen (secondary N) is 1. The maximum atomic E-state index is 12.1. The Morgan fingerprint density at radius 2 is 1.90 bits per heavy atom. The van der Waals surface area contributed by atoms with Crippen molar-refractivity contribution in [2.24, 2.45) is 0 Å². The van der Waals surface area contributed by atoms with E-state index in [0.29, 0.717) is 5.56 Å². The Morgan fingerprint density at radius 3 is 2.38 bits per heavy atom. The standard InChI is InChI=1S/C12H17NO6S2/c1-9-4-3-5-10(8-9)21(18,19)13-11(12(14)15)6-7-20(2,16)17/h3-5,8,11,13H,6-7H2,1-2H3,(H,14,15). The molecule has 1 unspecified atom stereocenters. The topological polar surface area (TPSA) is 118 Å². The van der Waals surface area contributed by atoms with E-state index in [2.05, 4.69) is 0 Å². The number of sulfone groups is 1. The molecule has 21 heavy (non-hydrogen) atoms. The Labute approximate surface area is 124 Å². The smallest absolute Gasteiger partial charge is 0.321 e. The minimum absolute atomic E-state index is 0.0619. The third-order valence-electron chi connectivity index (χ3n) is 2.67. The van der Waals surface area contributed by atoms with E-state index in [1.54, 1.807) is 13.0 Å². The van der Waals surface area contributed by atoms with Crippen molar-refractivity contribution in [1.29, 1.82) is 0 Å². The molecule has 7 nitrogen and oxygen atoms in total. The Balaban J connectivity index is 2.95. The fourth-order valence-corrected chi connectivity index (χ4v) is 3.59. The normalized spacial score (nSPS) is 13.8. The summed E-state index contributed by atoms with van der Waals surface area (Å²) in [4.78, 5) is 11.0. The highest BCUT2D eigenvalue weighted by Gasteiger charge is 2.26. The van der Waals surface area contributed by atoms with Crippen LogP contribution in [0.15, 0.2) is 29.2 Å². The van der Waals surface area contributed by atoms with Gasteiger partial charge in [-0.25, -0.2) is 16.8 Å². The van der Waals surface area contributed by atoms with Gasteiger partial charge >= 0.3 is 5.97 Å². The van der Waals surface area contributed by atoms with E-state index in [1.165, 1.54) is 18.2 Å². The van der Waals surface area contributed by atoms with Crippen LogP contribution in [0.3, 0.4) is 0 Å². The van der Waals surface area contributed by atoms with Crippen LogP contribution in [-0.4, -0.2) is 46.0 Å². The van der Waals surface area contributed by atoms with Crippen molar-refractivity contribution in [3.8, 4) is 0 Å². The minimum Gasteiger partial charge on any atom is -0.480 e. The van der Waals surface area contributed by atoms with Crippen LogP contribution >= 0.6 is 0 Å². The van der Waals surface area contributed by atoms with Gasteiger partial charge in [0.25, 0.3) is 0 Å². The van der Waals surface area contributed by atoms with Crippen molar-refractivity contribution in [2.75, 3.05) is 12.0 Å². The van der Waals surface area contributed by atoms with Crippen LogP contribution in [0.5, 0.6) is 0 Å². The molecule has 1 aromatic carbocycles. The molecule has 0 amide bonds. The van der Waals surface area contributed by atoms with E-state index in [0.717, 1.165) is 6.26 Å². The Bertz CT molecular complexity index is 724. The van der Waals surface area contributed by atoms with Crippen LogP contribution in [0.1, 0.15) is 12.0 Å². The summed E-state index contributed by atoms with van der Waals surface area (Å²) in [6.45, 7) is 1.71. The number of benzene rings is 1. The fourth-order valence-electron chi connectivity index (χ4n) is 1.60. The minimum atomic E-state index is -4.02.